The highest BCUT2D eigenvalue weighted by Crippen LogP contribution is 2.26. The molecule has 0 saturated heterocycles. The van der Waals surface area contributed by atoms with Crippen LogP contribution < -0.4 is 10.6 Å². The van der Waals surface area contributed by atoms with Gasteiger partial charge in [0.2, 0.25) is 5.91 Å². The first kappa shape index (κ1) is 17.2. The van der Waals surface area contributed by atoms with Gasteiger partial charge in [-0.25, -0.2) is 4.98 Å². The van der Waals surface area contributed by atoms with E-state index in [9.17, 15) is 9.59 Å². The Kier molecular flexibility index (Phi) is 4.85. The van der Waals surface area contributed by atoms with Gasteiger partial charge in [-0.3, -0.25) is 9.59 Å². The summed E-state index contributed by atoms with van der Waals surface area (Å²) in [6.07, 6.45) is 3.86. The predicted molar refractivity (Wildman–Crippen MR) is 99.2 cm³/mol. The van der Waals surface area contributed by atoms with Crippen LogP contribution in [-0.2, 0) is 4.79 Å². The van der Waals surface area contributed by atoms with Crippen molar-refractivity contribution in [1.82, 2.24) is 20.2 Å². The lowest BCUT2D eigenvalue weighted by atomic mass is 10.2. The van der Waals surface area contributed by atoms with Crippen LogP contribution in [0.2, 0.25) is 0 Å². The minimum atomic E-state index is -0.595. The van der Waals surface area contributed by atoms with Crippen LogP contribution in [0.15, 0.2) is 42.7 Å². The number of nitrogens with zero attached hydrogens (tertiary/aromatic N) is 2. The topological polar surface area (TPSA) is 76.0 Å². The number of fused-ring (bicyclic) bond motifs is 1. The first-order valence-corrected chi connectivity index (χ1v) is 8.91. The normalized spacial score (nSPS) is 12.3. The van der Waals surface area contributed by atoms with Gasteiger partial charge in [-0.05, 0) is 51.1 Å². The number of hydrogen-bond acceptors (Lipinski definition) is 4. The van der Waals surface area contributed by atoms with Crippen molar-refractivity contribution < 1.29 is 9.59 Å². The third-order valence-electron chi connectivity index (χ3n) is 3.64. The minimum Gasteiger partial charge on any atom is -0.352 e. The van der Waals surface area contributed by atoms with Crippen molar-refractivity contribution in [2.24, 2.45) is 0 Å². The first-order valence-electron chi connectivity index (χ1n) is 8.09. The molecular weight excluding hydrogens is 336 g/mol. The summed E-state index contributed by atoms with van der Waals surface area (Å²) in [5.74, 6) is -0.471. The van der Waals surface area contributed by atoms with Gasteiger partial charge in [-0.1, -0.05) is 11.3 Å². The fraction of sp³-hybridized carbons (Fsp3) is 0.278. The molecule has 0 aliphatic heterocycles. The standard InChI is InChI=1S/C18H20N4O2S/c1-11(2)19-16(23)12(3)20-17(24)13-6-7-14-15(10-13)25-18(21-14)22-8-4-5-9-22/h4-12H,1-3H3,(H,19,23)(H,20,24)/t12-/m1/s1. The van der Waals surface area contributed by atoms with Crippen LogP contribution in [0.25, 0.3) is 15.3 Å². The van der Waals surface area contributed by atoms with Crippen LogP contribution in [0.1, 0.15) is 31.1 Å². The number of nitrogens with one attached hydrogen (secondary N) is 2. The summed E-state index contributed by atoms with van der Waals surface area (Å²) in [6, 6.07) is 8.68. The number of hydrogen-bond donors (Lipinski definition) is 2. The van der Waals surface area contributed by atoms with E-state index in [4.69, 9.17) is 0 Å². The van der Waals surface area contributed by atoms with Gasteiger partial charge < -0.3 is 15.2 Å². The third-order valence-corrected chi connectivity index (χ3v) is 4.67. The zero-order chi connectivity index (χ0) is 18.0. The molecule has 1 aromatic carbocycles. The lowest BCUT2D eigenvalue weighted by molar-refractivity contribution is -0.123. The highest BCUT2D eigenvalue weighted by Gasteiger charge is 2.18. The van der Waals surface area contributed by atoms with E-state index in [1.54, 1.807) is 13.0 Å². The Hall–Kier alpha value is -2.67. The molecule has 0 unspecified atom stereocenters. The van der Waals surface area contributed by atoms with Crippen LogP contribution in [0, 0.1) is 0 Å². The Morgan fingerprint density at radius 3 is 2.52 bits per heavy atom. The maximum atomic E-state index is 12.4. The molecule has 3 rings (SSSR count). The maximum absolute atomic E-state index is 12.4. The van der Waals surface area contributed by atoms with Crippen LogP contribution >= 0.6 is 11.3 Å². The van der Waals surface area contributed by atoms with Gasteiger partial charge in [-0.15, -0.1) is 0 Å². The first-order chi connectivity index (χ1) is 11.9. The van der Waals surface area contributed by atoms with E-state index < -0.39 is 6.04 Å². The van der Waals surface area contributed by atoms with Gasteiger partial charge in [0.05, 0.1) is 10.2 Å². The molecule has 130 valence electrons. The number of aromatic nitrogens is 2. The Morgan fingerprint density at radius 2 is 1.84 bits per heavy atom. The molecule has 6 nitrogen and oxygen atoms in total. The van der Waals surface area contributed by atoms with Crippen LogP contribution in [0.3, 0.4) is 0 Å². The fourth-order valence-corrected chi connectivity index (χ4v) is 3.35. The van der Waals surface area contributed by atoms with Crippen molar-refractivity contribution in [2.75, 3.05) is 0 Å². The second-order valence-corrected chi connectivity index (χ2v) is 7.14. The van der Waals surface area contributed by atoms with Gasteiger partial charge in [0, 0.05) is 24.0 Å². The van der Waals surface area contributed by atoms with E-state index in [0.717, 1.165) is 15.3 Å². The number of thiazole rings is 1. The SMILES string of the molecule is CC(C)NC(=O)[C@@H](C)NC(=O)c1ccc2nc(-n3cccc3)sc2c1. The molecule has 2 aromatic heterocycles. The number of benzene rings is 1. The summed E-state index contributed by atoms with van der Waals surface area (Å²) in [5.41, 5.74) is 1.36. The average Bonchev–Trinajstić information content (AvgIpc) is 3.22. The molecule has 25 heavy (non-hydrogen) atoms. The van der Waals surface area contributed by atoms with Crippen molar-refractivity contribution in [2.45, 2.75) is 32.9 Å². The highest BCUT2D eigenvalue weighted by molar-refractivity contribution is 7.20. The van der Waals surface area contributed by atoms with E-state index in [1.807, 2.05) is 55.1 Å². The number of carbonyl (C=O) groups excluding carboxylic acids is 2. The smallest absolute Gasteiger partial charge is 0.251 e. The molecule has 2 N–H and O–H groups in total. The molecule has 3 aromatic rings. The molecule has 0 spiro atoms. The second-order valence-electron chi connectivity index (χ2n) is 6.13. The lowest BCUT2D eigenvalue weighted by Crippen LogP contribution is -2.46. The quantitative estimate of drug-likeness (QED) is 0.738. The van der Waals surface area contributed by atoms with Crippen molar-refractivity contribution in [1.29, 1.82) is 0 Å². The monoisotopic (exact) mass is 356 g/mol. The van der Waals surface area contributed by atoms with E-state index >= 15 is 0 Å². The van der Waals surface area contributed by atoms with Gasteiger partial charge in [0.15, 0.2) is 5.13 Å². The van der Waals surface area contributed by atoms with Crippen LogP contribution in [0.5, 0.6) is 0 Å². The molecular formula is C18H20N4O2S. The molecule has 1 atom stereocenters. The van der Waals surface area contributed by atoms with Crippen LogP contribution in [0.4, 0.5) is 0 Å². The van der Waals surface area contributed by atoms with E-state index in [2.05, 4.69) is 15.6 Å². The highest BCUT2D eigenvalue weighted by atomic mass is 32.1. The molecule has 0 bridgehead atoms. The van der Waals surface area contributed by atoms with Crippen molar-refractivity contribution >= 4 is 33.4 Å². The summed E-state index contributed by atoms with van der Waals surface area (Å²) >= 11 is 1.51. The van der Waals surface area contributed by atoms with E-state index in [0.29, 0.717) is 5.56 Å². The molecule has 0 fully saturated rings. The number of carbonyl (C=O) groups is 2. The van der Waals surface area contributed by atoms with Gasteiger partial charge >= 0.3 is 0 Å². The molecule has 0 saturated carbocycles. The Balaban J connectivity index is 1.77. The molecule has 2 amide bonds. The maximum Gasteiger partial charge on any atom is 0.251 e. The zero-order valence-corrected chi connectivity index (χ0v) is 15.1. The number of rotatable bonds is 5. The van der Waals surface area contributed by atoms with Crippen molar-refractivity contribution in [3.05, 3.63) is 48.3 Å². The molecule has 0 radical (unpaired) electrons. The Morgan fingerprint density at radius 1 is 1.12 bits per heavy atom. The largest absolute Gasteiger partial charge is 0.352 e. The van der Waals surface area contributed by atoms with Gasteiger partial charge in [0.25, 0.3) is 5.91 Å². The Labute approximate surface area is 149 Å². The fourth-order valence-electron chi connectivity index (χ4n) is 2.38. The minimum absolute atomic E-state index is 0.0347. The molecule has 0 aliphatic rings. The van der Waals surface area contributed by atoms with E-state index in [1.165, 1.54) is 11.3 Å². The summed E-state index contributed by atoms with van der Waals surface area (Å²) in [4.78, 5) is 28.9. The summed E-state index contributed by atoms with van der Waals surface area (Å²) in [7, 11) is 0. The van der Waals surface area contributed by atoms with Gasteiger partial charge in [0.1, 0.15) is 6.04 Å². The van der Waals surface area contributed by atoms with Crippen molar-refractivity contribution in [3.63, 3.8) is 0 Å². The van der Waals surface area contributed by atoms with Gasteiger partial charge in [-0.2, -0.15) is 0 Å². The summed E-state index contributed by atoms with van der Waals surface area (Å²) in [6.45, 7) is 5.43. The summed E-state index contributed by atoms with van der Waals surface area (Å²) in [5, 5.41) is 6.36. The molecule has 0 aliphatic carbocycles. The molecule has 2 heterocycles. The van der Waals surface area contributed by atoms with Crippen LogP contribution in [-0.4, -0.2) is 33.4 Å². The average molecular weight is 356 g/mol. The predicted octanol–water partition coefficient (Wildman–Crippen LogP) is 2.73. The lowest BCUT2D eigenvalue weighted by Gasteiger charge is -2.16. The molecule has 7 heteroatoms. The number of amides is 2. The third kappa shape index (κ3) is 3.88. The Bertz CT molecular complexity index is 899. The zero-order valence-electron chi connectivity index (χ0n) is 14.3. The van der Waals surface area contributed by atoms with E-state index in [-0.39, 0.29) is 17.9 Å². The summed E-state index contributed by atoms with van der Waals surface area (Å²) < 4.78 is 2.86. The second kappa shape index (κ2) is 7.06. The van der Waals surface area contributed by atoms with Crippen molar-refractivity contribution in [3.8, 4) is 5.13 Å².